The molecule has 1 aromatic heterocycles. The van der Waals surface area contributed by atoms with Crippen molar-refractivity contribution in [2.45, 2.75) is 0 Å². The van der Waals surface area contributed by atoms with Gasteiger partial charge in [0.1, 0.15) is 0 Å². The van der Waals surface area contributed by atoms with Crippen LogP contribution in [0.5, 0.6) is 5.88 Å². The van der Waals surface area contributed by atoms with Gasteiger partial charge in [-0.25, -0.2) is 0 Å². The maximum atomic E-state index is 12.6. The molecule has 1 amide bonds. The minimum Gasteiger partial charge on any atom is -0.493 e. The highest BCUT2D eigenvalue weighted by Gasteiger charge is 2.28. The van der Waals surface area contributed by atoms with Crippen molar-refractivity contribution in [1.29, 1.82) is 0 Å². The lowest BCUT2D eigenvalue weighted by molar-refractivity contribution is -0.114. The Morgan fingerprint density at radius 3 is 2.21 bits per heavy atom. The molecule has 2 heterocycles. The van der Waals surface area contributed by atoms with Gasteiger partial charge in [-0.3, -0.25) is 4.79 Å². The molecule has 144 valence electrons. The van der Waals surface area contributed by atoms with Crippen molar-refractivity contribution < 1.29 is 9.90 Å². The molecule has 0 saturated heterocycles. The Bertz CT molecular complexity index is 1150. The summed E-state index contributed by atoms with van der Waals surface area (Å²) >= 11 is 0. The first-order chi connectivity index (χ1) is 14.1. The van der Waals surface area contributed by atoms with E-state index in [9.17, 15) is 9.90 Å². The number of para-hydroxylation sites is 2. The monoisotopic (exact) mass is 386 g/mol. The molecule has 0 aliphatic carbocycles. The van der Waals surface area contributed by atoms with E-state index < -0.39 is 0 Å². The molecule has 29 heavy (non-hydrogen) atoms. The van der Waals surface area contributed by atoms with E-state index in [0.717, 1.165) is 0 Å². The third-order valence-corrected chi connectivity index (χ3v) is 4.36. The lowest BCUT2D eigenvalue weighted by Crippen LogP contribution is -2.21. The minimum atomic E-state index is -0.337. The number of hydrazone groups is 1. The number of carbonyl (C=O) groups is 1. The number of hydrogen-bond acceptors (Lipinski definition) is 6. The van der Waals surface area contributed by atoms with Crippen LogP contribution in [0.3, 0.4) is 0 Å². The van der Waals surface area contributed by atoms with Crippen molar-refractivity contribution in [3.05, 3.63) is 84.0 Å². The second-order valence-electron chi connectivity index (χ2n) is 6.25. The summed E-state index contributed by atoms with van der Waals surface area (Å²) in [5.74, 6) is -0.170. The molecule has 8 nitrogen and oxygen atoms in total. The van der Waals surface area contributed by atoms with Crippen molar-refractivity contribution in [3.8, 4) is 11.6 Å². The molecule has 1 aliphatic rings. The van der Waals surface area contributed by atoms with Crippen LogP contribution in [0.2, 0.25) is 0 Å². The van der Waals surface area contributed by atoms with E-state index >= 15 is 0 Å². The van der Waals surface area contributed by atoms with Crippen LogP contribution in [0.1, 0.15) is 5.56 Å². The number of aromatic nitrogens is 2. The second kappa shape index (κ2) is 7.35. The van der Waals surface area contributed by atoms with Gasteiger partial charge in [0.05, 0.1) is 22.5 Å². The standard InChI is InChI=1S/C21H18N6O2/c22-18-16(20(28)26(24-18)14-8-3-1-4-9-14)12-7-13-17-19(23)25-27(21(17)29)15-10-5-2-6-11-15/h1-13,28H,(H2,22,24)(H2,23,25). The van der Waals surface area contributed by atoms with E-state index in [1.807, 2.05) is 36.4 Å². The summed E-state index contributed by atoms with van der Waals surface area (Å²) in [5.41, 5.74) is 13.7. The predicted octanol–water partition coefficient (Wildman–Crippen LogP) is 2.42. The normalized spacial score (nSPS) is 15.4. The Kier molecular flexibility index (Phi) is 4.58. The zero-order chi connectivity index (χ0) is 20.4. The SMILES string of the molecule is NC1=NN(c2ccccc2)C(=O)C1=CC=Cc1c(N)nn(-c2ccccc2)c1O. The van der Waals surface area contributed by atoms with Crippen molar-refractivity contribution >= 4 is 29.3 Å². The molecule has 2 aromatic carbocycles. The molecule has 0 bridgehead atoms. The molecule has 1 aliphatic heterocycles. The fourth-order valence-electron chi connectivity index (χ4n) is 2.92. The highest BCUT2D eigenvalue weighted by Crippen LogP contribution is 2.28. The van der Waals surface area contributed by atoms with Gasteiger partial charge in [-0.05, 0) is 36.4 Å². The van der Waals surface area contributed by atoms with Gasteiger partial charge >= 0.3 is 0 Å². The molecule has 8 heteroatoms. The number of aromatic hydroxyl groups is 1. The first kappa shape index (κ1) is 18.1. The van der Waals surface area contributed by atoms with Crippen molar-refractivity contribution in [1.82, 2.24) is 9.78 Å². The molecular weight excluding hydrogens is 368 g/mol. The third kappa shape index (κ3) is 3.34. The molecule has 0 spiro atoms. The number of nitrogens with zero attached hydrogens (tertiary/aromatic N) is 4. The van der Waals surface area contributed by atoms with Gasteiger partial charge in [-0.15, -0.1) is 10.2 Å². The largest absolute Gasteiger partial charge is 0.493 e. The summed E-state index contributed by atoms with van der Waals surface area (Å²) in [5, 5.41) is 20.0. The number of anilines is 2. The van der Waals surface area contributed by atoms with Gasteiger partial charge in [0, 0.05) is 0 Å². The summed E-state index contributed by atoms with van der Waals surface area (Å²) in [6.45, 7) is 0. The maximum absolute atomic E-state index is 12.6. The van der Waals surface area contributed by atoms with Gasteiger partial charge in [-0.1, -0.05) is 42.5 Å². The smallest absolute Gasteiger partial charge is 0.282 e. The van der Waals surface area contributed by atoms with Crippen LogP contribution >= 0.6 is 0 Å². The topological polar surface area (TPSA) is 123 Å². The lowest BCUT2D eigenvalue weighted by Gasteiger charge is -2.10. The highest BCUT2D eigenvalue weighted by molar-refractivity contribution is 6.29. The summed E-state index contributed by atoms with van der Waals surface area (Å²) < 4.78 is 1.34. The molecule has 0 fully saturated rings. The Balaban J connectivity index is 1.59. The average Bonchev–Trinajstić information content (AvgIpc) is 3.19. The summed E-state index contributed by atoms with van der Waals surface area (Å²) in [7, 11) is 0. The fourth-order valence-corrected chi connectivity index (χ4v) is 2.92. The number of nitrogens with two attached hydrogens (primary N) is 2. The molecule has 3 aromatic rings. The maximum Gasteiger partial charge on any atom is 0.282 e. The second-order valence-corrected chi connectivity index (χ2v) is 6.25. The lowest BCUT2D eigenvalue weighted by atomic mass is 10.2. The van der Waals surface area contributed by atoms with Crippen LogP contribution in [0.4, 0.5) is 11.5 Å². The number of carbonyl (C=O) groups excluding carboxylic acids is 1. The van der Waals surface area contributed by atoms with Crippen LogP contribution in [0.15, 0.2) is 83.5 Å². The van der Waals surface area contributed by atoms with Crippen molar-refractivity contribution in [2.75, 3.05) is 10.7 Å². The number of amidine groups is 1. The quantitative estimate of drug-likeness (QED) is 0.594. The van der Waals surface area contributed by atoms with Gasteiger partial charge in [-0.2, -0.15) is 9.69 Å². The van der Waals surface area contributed by atoms with Gasteiger partial charge < -0.3 is 16.6 Å². The Hall–Kier alpha value is -4.33. The van der Waals surface area contributed by atoms with Crippen LogP contribution in [0, 0.1) is 0 Å². The molecule has 0 radical (unpaired) electrons. The minimum absolute atomic E-state index is 0.103. The van der Waals surface area contributed by atoms with Crippen LogP contribution in [-0.2, 0) is 4.79 Å². The molecule has 5 N–H and O–H groups in total. The Morgan fingerprint density at radius 1 is 0.931 bits per heavy atom. The van der Waals surface area contributed by atoms with Crippen molar-refractivity contribution in [2.24, 2.45) is 10.8 Å². The van der Waals surface area contributed by atoms with Crippen LogP contribution in [0.25, 0.3) is 11.8 Å². The number of amides is 1. The zero-order valence-corrected chi connectivity index (χ0v) is 15.3. The summed E-state index contributed by atoms with van der Waals surface area (Å²) in [6, 6.07) is 18.1. The molecular formula is C21H18N6O2. The van der Waals surface area contributed by atoms with E-state index in [0.29, 0.717) is 16.9 Å². The number of hydrogen-bond donors (Lipinski definition) is 3. The highest BCUT2D eigenvalue weighted by atomic mass is 16.3. The number of allylic oxidation sites excluding steroid dienone is 2. The first-order valence-corrected chi connectivity index (χ1v) is 8.81. The Labute approximate surface area is 166 Å². The third-order valence-electron chi connectivity index (χ3n) is 4.36. The van der Waals surface area contributed by atoms with Crippen LogP contribution < -0.4 is 16.5 Å². The molecule has 4 rings (SSSR count). The average molecular weight is 386 g/mol. The van der Waals surface area contributed by atoms with Gasteiger partial charge in [0.2, 0.25) is 5.88 Å². The number of benzene rings is 2. The molecule has 0 unspecified atom stereocenters. The van der Waals surface area contributed by atoms with Crippen molar-refractivity contribution in [3.63, 3.8) is 0 Å². The van der Waals surface area contributed by atoms with E-state index in [2.05, 4.69) is 10.2 Å². The van der Waals surface area contributed by atoms with Gasteiger partial charge in [0.15, 0.2) is 11.7 Å². The first-order valence-electron chi connectivity index (χ1n) is 8.81. The van der Waals surface area contributed by atoms with E-state index in [4.69, 9.17) is 11.5 Å². The molecule has 0 saturated carbocycles. The molecule has 0 atom stereocenters. The summed E-state index contributed by atoms with van der Waals surface area (Å²) in [6.07, 6.45) is 4.67. The predicted molar refractivity (Wildman–Crippen MR) is 112 cm³/mol. The number of nitrogen functional groups attached to an aromatic ring is 1. The van der Waals surface area contributed by atoms with E-state index in [1.54, 1.807) is 36.4 Å². The zero-order valence-electron chi connectivity index (χ0n) is 15.3. The van der Waals surface area contributed by atoms with E-state index in [1.165, 1.54) is 15.8 Å². The summed E-state index contributed by atoms with van der Waals surface area (Å²) in [4.78, 5) is 12.6. The fraction of sp³-hybridized carbons (Fsp3) is 0. The van der Waals surface area contributed by atoms with E-state index in [-0.39, 0.29) is 29.0 Å². The Morgan fingerprint density at radius 2 is 1.55 bits per heavy atom. The number of rotatable bonds is 4. The van der Waals surface area contributed by atoms with Crippen LogP contribution in [-0.4, -0.2) is 26.6 Å². The van der Waals surface area contributed by atoms with Gasteiger partial charge in [0.25, 0.3) is 5.91 Å².